The summed E-state index contributed by atoms with van der Waals surface area (Å²) < 4.78 is 58.0. The summed E-state index contributed by atoms with van der Waals surface area (Å²) in [5, 5.41) is 51.9. The second kappa shape index (κ2) is 27.7. The van der Waals surface area contributed by atoms with E-state index in [1.165, 1.54) is 14.0 Å². The van der Waals surface area contributed by atoms with Gasteiger partial charge in [-0.05, 0) is 132 Å². The number of hydrogen-bond donors (Lipinski definition) is 5. The Morgan fingerprint density at radius 1 is 0.925 bits per heavy atom. The predicted molar refractivity (Wildman–Crippen MR) is 299 cm³/mol. The van der Waals surface area contributed by atoms with Crippen LogP contribution < -0.4 is 10.7 Å². The van der Waals surface area contributed by atoms with E-state index in [1.807, 2.05) is 68.4 Å². The topological polar surface area (TPSA) is 256 Å². The summed E-state index contributed by atoms with van der Waals surface area (Å²) in [6, 6.07) is 4.79. The molecule has 1 saturated carbocycles. The van der Waals surface area contributed by atoms with Crippen LogP contribution in [0.1, 0.15) is 144 Å². The summed E-state index contributed by atoms with van der Waals surface area (Å²) >= 11 is 0. The largest absolute Gasteiger partial charge is 0.462 e. The van der Waals surface area contributed by atoms with Crippen molar-refractivity contribution in [2.75, 3.05) is 66.5 Å². The van der Waals surface area contributed by atoms with Crippen LogP contribution in [0.15, 0.2) is 29.2 Å². The molecule has 18 atom stereocenters. The molecule has 1 aromatic carbocycles. The molecule has 454 valence electrons. The van der Waals surface area contributed by atoms with E-state index < -0.39 is 108 Å². The summed E-state index contributed by atoms with van der Waals surface area (Å²) in [6.07, 6.45) is -5.06. The number of fused-ring (bicyclic) bond motifs is 1. The van der Waals surface area contributed by atoms with Gasteiger partial charge in [0.05, 0.1) is 67.7 Å². The van der Waals surface area contributed by atoms with Crippen molar-refractivity contribution in [1.29, 1.82) is 0 Å². The lowest BCUT2D eigenvalue weighted by Gasteiger charge is -2.49. The molecule has 0 spiro atoms. The van der Waals surface area contributed by atoms with Gasteiger partial charge in [0.15, 0.2) is 18.7 Å². The Bertz CT molecular complexity index is 2430. The molecule has 4 heterocycles. The summed E-state index contributed by atoms with van der Waals surface area (Å²) in [6.45, 7) is 20.7. The first-order valence-corrected chi connectivity index (χ1v) is 29.0. The number of hydrogen-bond acceptors (Lipinski definition) is 20. The normalized spacial score (nSPS) is 37.1. The Kier molecular flexibility index (Phi) is 22.6. The summed E-state index contributed by atoms with van der Waals surface area (Å²) in [4.78, 5) is 58.3. The van der Waals surface area contributed by atoms with E-state index in [2.05, 4.69) is 5.32 Å². The van der Waals surface area contributed by atoms with Crippen molar-refractivity contribution in [3.63, 3.8) is 0 Å². The van der Waals surface area contributed by atoms with Gasteiger partial charge >= 0.3 is 17.9 Å². The van der Waals surface area contributed by atoms with Crippen molar-refractivity contribution in [2.24, 2.45) is 17.8 Å². The van der Waals surface area contributed by atoms with Crippen LogP contribution in [0, 0.1) is 17.8 Å². The van der Waals surface area contributed by atoms with Gasteiger partial charge in [0.1, 0.15) is 35.1 Å². The molecule has 1 aliphatic carbocycles. The number of benzene rings is 1. The van der Waals surface area contributed by atoms with Crippen LogP contribution in [0.3, 0.4) is 0 Å². The molecule has 21 nitrogen and oxygen atoms in total. The first-order valence-electron chi connectivity index (χ1n) is 29.0. The number of aliphatic hydroxyl groups excluding tert-OH is 2. The van der Waals surface area contributed by atoms with Crippen molar-refractivity contribution in [3.05, 3.63) is 40.2 Å². The summed E-state index contributed by atoms with van der Waals surface area (Å²) in [5.41, 5.74) is -3.64. The minimum atomic E-state index is -1.87. The number of pyridine rings is 1. The fourth-order valence-corrected chi connectivity index (χ4v) is 12.2. The van der Waals surface area contributed by atoms with Crippen LogP contribution >= 0.6 is 0 Å². The first kappa shape index (κ1) is 65.3. The molecule has 5 N–H and O–H groups in total. The quantitative estimate of drug-likeness (QED) is 0.0689. The Labute approximate surface area is 473 Å². The average Bonchev–Trinajstić information content (AvgIpc) is 4.31. The van der Waals surface area contributed by atoms with Gasteiger partial charge in [0, 0.05) is 67.9 Å². The fraction of sp³-hybridized carbons (Fsp3) is 0.797. The van der Waals surface area contributed by atoms with Crippen LogP contribution in [0.5, 0.6) is 0 Å². The van der Waals surface area contributed by atoms with E-state index in [4.69, 9.17) is 42.6 Å². The van der Waals surface area contributed by atoms with E-state index in [-0.39, 0.29) is 80.6 Å². The van der Waals surface area contributed by atoms with E-state index in [1.54, 1.807) is 60.7 Å². The van der Waals surface area contributed by atoms with Crippen molar-refractivity contribution >= 4 is 34.5 Å². The van der Waals surface area contributed by atoms with Crippen LogP contribution in [0.4, 0.5) is 5.69 Å². The first-order chi connectivity index (χ1) is 37.6. The molecule has 21 heteroatoms. The van der Waals surface area contributed by atoms with Crippen LogP contribution in [-0.2, 0) is 52.2 Å². The monoisotopic (exact) mass is 1130 g/mol. The molecule has 3 aliphatic heterocycles. The van der Waals surface area contributed by atoms with Gasteiger partial charge in [-0.1, -0.05) is 27.7 Å². The van der Waals surface area contributed by atoms with Crippen LogP contribution in [-0.4, -0.2) is 204 Å². The highest BCUT2D eigenvalue weighted by molar-refractivity contribution is 5.94. The third-order valence-electron chi connectivity index (χ3n) is 17.1. The number of carbonyl (C=O) groups is 3. The number of methoxy groups -OCH3 is 1. The van der Waals surface area contributed by atoms with Crippen molar-refractivity contribution in [1.82, 2.24) is 14.4 Å². The molecule has 1 aromatic heterocycles. The summed E-state index contributed by atoms with van der Waals surface area (Å²) in [5.74, 6) is -4.07. The van der Waals surface area contributed by atoms with Crippen molar-refractivity contribution < 1.29 is 77.4 Å². The number of aromatic nitrogens is 1. The molecule has 0 bridgehead atoms. The molecular formula is C59H96N4O17. The lowest BCUT2D eigenvalue weighted by molar-refractivity contribution is -0.318. The van der Waals surface area contributed by atoms with Gasteiger partial charge in [-0.15, -0.1) is 0 Å². The number of ether oxygens (including phenoxy) is 9. The molecule has 3 saturated heterocycles. The minimum Gasteiger partial charge on any atom is -0.462 e. The van der Waals surface area contributed by atoms with Gasteiger partial charge < -0.3 is 82.7 Å². The second-order valence-electron chi connectivity index (χ2n) is 24.3. The van der Waals surface area contributed by atoms with Crippen molar-refractivity contribution in [3.8, 4) is 0 Å². The van der Waals surface area contributed by atoms with Gasteiger partial charge in [-0.2, -0.15) is 0 Å². The zero-order valence-electron chi connectivity index (χ0n) is 50.2. The Morgan fingerprint density at radius 2 is 1.62 bits per heavy atom. The smallest absolute Gasteiger partial charge is 0.343 e. The Balaban J connectivity index is 1.16. The lowest BCUT2D eigenvalue weighted by Crippen LogP contribution is -2.61. The third kappa shape index (κ3) is 15.5. The highest BCUT2D eigenvalue weighted by Crippen LogP contribution is 2.42. The molecule has 2 aromatic rings. The maximum atomic E-state index is 14.6. The number of likely N-dealkylation sites (N-methyl/N-ethyl adjacent to an activating group) is 2. The van der Waals surface area contributed by atoms with Crippen molar-refractivity contribution in [2.45, 2.75) is 224 Å². The van der Waals surface area contributed by atoms with Gasteiger partial charge in [-0.3, -0.25) is 14.4 Å². The molecule has 4 fully saturated rings. The van der Waals surface area contributed by atoms with E-state index in [0.29, 0.717) is 37.0 Å². The Hall–Kier alpha value is -3.84. The SMILES string of the molecule is CCCOC(=O)c1cn(C2CC2)c2ccc(NCCOCCC(=O)O[C@H]3[C@H](C)O[C@@H](O[C@H]4[C@H](C)[C@@H](O[C@@H]5O[C@H](C)C[C@H](N(C)C)[C@H]5O)[C@](C)(O)C[C@@H](C)CN(C)[C@H](C)[C@@H](O)[C@](C)(O)[C@@H](CC)OC(=O)[C@@H]4C)C[C@@]3(C)OC)cc2c1=O. The van der Waals surface area contributed by atoms with Crippen LogP contribution in [0.25, 0.3) is 10.9 Å². The zero-order chi connectivity index (χ0) is 59.2. The fourth-order valence-electron chi connectivity index (χ4n) is 12.2. The molecule has 4 aliphatic rings. The number of anilines is 1. The third-order valence-corrected chi connectivity index (χ3v) is 17.1. The molecule has 0 unspecified atom stereocenters. The van der Waals surface area contributed by atoms with E-state index in [0.717, 1.165) is 18.4 Å². The molecule has 0 amide bonds. The maximum Gasteiger partial charge on any atom is 0.343 e. The molecular weight excluding hydrogens is 1040 g/mol. The second-order valence-corrected chi connectivity index (χ2v) is 24.3. The van der Waals surface area contributed by atoms with E-state index >= 15 is 0 Å². The highest BCUT2D eigenvalue weighted by atomic mass is 16.7. The summed E-state index contributed by atoms with van der Waals surface area (Å²) in [7, 11) is 7.07. The van der Waals surface area contributed by atoms with Gasteiger partial charge in [0.25, 0.3) is 0 Å². The number of aliphatic hydroxyl groups is 4. The predicted octanol–water partition coefficient (Wildman–Crippen LogP) is 5.19. The number of nitrogens with one attached hydrogen (secondary N) is 1. The zero-order valence-corrected chi connectivity index (χ0v) is 50.2. The Morgan fingerprint density at radius 3 is 2.26 bits per heavy atom. The maximum absolute atomic E-state index is 14.6. The minimum absolute atomic E-state index is 0.0132. The average molecular weight is 1130 g/mol. The number of cyclic esters (lactones) is 1. The van der Waals surface area contributed by atoms with Gasteiger partial charge in [-0.25, -0.2) is 4.79 Å². The van der Waals surface area contributed by atoms with Crippen LogP contribution in [0.2, 0.25) is 0 Å². The standard InChI is InChI=1S/C59H96N4O17/c1-16-24-74-55(69)42-32-63(40-19-20-40)43-21-18-39(28-41(43)48(42)65)60-23-26-73-25-22-46(64)78-53-38(8)76-47(30-58(53,10)72-15)79-50-35(5)52(80-56-49(66)44(61(12)13)27-34(4)75-56)57(9,70)29-33(3)31-62(14)37(7)51(67)59(11,71)45(17-2)77-54(68)36(50)6/h18,21,28,32-38,40,44-45,47,49-53,56,60,66-67,70-71H,16-17,19-20,22-27,29-31H2,1-15H3/t33-,34-,35+,36-,37-,38+,44+,45-,47+,49-,50+,51-,52-,53+,56+,57-,58-,59-/m1/s1. The lowest BCUT2D eigenvalue weighted by atomic mass is 9.77. The number of carbonyl (C=O) groups excluding carboxylic acids is 3. The van der Waals surface area contributed by atoms with Gasteiger partial charge in [0.2, 0.25) is 5.43 Å². The molecule has 80 heavy (non-hydrogen) atoms. The highest BCUT2D eigenvalue weighted by Gasteiger charge is 2.54. The number of rotatable bonds is 19. The molecule has 6 rings (SSSR count). The number of esters is 3. The van der Waals surface area contributed by atoms with E-state index in [9.17, 15) is 39.6 Å². The number of nitrogens with zero attached hydrogens (tertiary/aromatic N) is 3. The molecule has 0 radical (unpaired) electrons.